The number of rotatable bonds is 0. The molecule has 2 fully saturated rings. The van der Waals surface area contributed by atoms with Crippen LogP contribution in [0.4, 0.5) is 37.7 Å². The molecule has 0 aliphatic carbocycles. The number of nitrogens with zero attached hydrogens (tertiary/aromatic N) is 4. The van der Waals surface area contributed by atoms with Gasteiger partial charge in [0.1, 0.15) is 12.3 Å². The van der Waals surface area contributed by atoms with Crippen LogP contribution in [0.2, 0.25) is 0 Å². The number of halogens is 6. The molecule has 2 N–H and O–H groups in total. The van der Waals surface area contributed by atoms with Crippen LogP contribution in [-0.2, 0) is 12.4 Å². The van der Waals surface area contributed by atoms with Gasteiger partial charge in [-0.3, -0.25) is 4.79 Å². The summed E-state index contributed by atoms with van der Waals surface area (Å²) in [6.45, 7) is 11.9. The summed E-state index contributed by atoms with van der Waals surface area (Å²) in [5.74, 6) is -0.237. The SMILES string of the molecule is C=C1c2c(cccc2C(F)(F)F)N2CCNC[C@@H]2N1C.CC.CN1C(=O)c2ccc(C(F)(F)F)cc2N2CCNCC12. The van der Waals surface area contributed by atoms with Crippen LogP contribution in [0.5, 0.6) is 0 Å². The lowest BCUT2D eigenvalue weighted by Gasteiger charge is -2.49. The minimum atomic E-state index is -4.40. The van der Waals surface area contributed by atoms with Gasteiger partial charge in [-0.15, -0.1) is 0 Å². The number of piperazine rings is 2. The summed E-state index contributed by atoms with van der Waals surface area (Å²) in [6.07, 6.45) is -8.97. The van der Waals surface area contributed by atoms with Gasteiger partial charge in [-0.2, -0.15) is 26.3 Å². The number of carbonyl (C=O) groups is 1. The summed E-state index contributed by atoms with van der Waals surface area (Å²) in [4.78, 5) is 19.5. The van der Waals surface area contributed by atoms with Crippen molar-refractivity contribution in [2.75, 3.05) is 63.2 Å². The Bertz CT molecular complexity index is 1300. The monoisotopic (exact) mass is 598 g/mol. The average molecular weight is 599 g/mol. The number of hydrogen-bond acceptors (Lipinski definition) is 6. The van der Waals surface area contributed by atoms with Crippen LogP contribution in [0.25, 0.3) is 5.70 Å². The lowest BCUT2D eigenvalue weighted by Crippen LogP contribution is -2.62. The molecule has 2 saturated heterocycles. The van der Waals surface area contributed by atoms with Crippen molar-refractivity contribution in [3.63, 3.8) is 0 Å². The second-order valence-corrected chi connectivity index (χ2v) is 10.2. The Morgan fingerprint density at radius 2 is 1.38 bits per heavy atom. The smallest absolute Gasteiger partial charge is 0.353 e. The molecule has 7 nitrogen and oxygen atoms in total. The molecule has 0 spiro atoms. The zero-order valence-electron chi connectivity index (χ0n) is 24.0. The standard InChI is InChI=1S/C14H16F3N3.C13H14F3N3O.C2H6/c1-9-13-10(14(15,16)17)4-3-5-11(13)20-7-6-18-8-12(20)19(9)2;1-18-11-7-17-4-5-19(11)10-6-8(13(14,15)16)2-3-9(10)12(18)20;1-2/h3-5,12,18H,1,6-8H2,2H3;2-3,6,11,17H,4-5,7H2,1H3;1-2H3/t12-;;/m1../s1. The second-order valence-electron chi connectivity index (χ2n) is 10.2. The quantitative estimate of drug-likeness (QED) is 0.421. The Kier molecular flexibility index (Phi) is 9.02. The van der Waals surface area contributed by atoms with Gasteiger partial charge >= 0.3 is 12.4 Å². The van der Waals surface area contributed by atoms with Crippen molar-refractivity contribution in [2.45, 2.75) is 38.5 Å². The zero-order valence-corrected chi connectivity index (χ0v) is 24.0. The van der Waals surface area contributed by atoms with Gasteiger partial charge in [-0.1, -0.05) is 26.5 Å². The fourth-order valence-corrected chi connectivity index (χ4v) is 5.76. The number of nitrogens with one attached hydrogen (secondary N) is 2. The van der Waals surface area contributed by atoms with Crippen LogP contribution < -0.4 is 20.4 Å². The molecule has 2 aromatic carbocycles. The number of benzene rings is 2. The highest BCUT2D eigenvalue weighted by Crippen LogP contribution is 2.44. The number of hydrogen-bond donors (Lipinski definition) is 2. The molecule has 1 unspecified atom stereocenters. The maximum Gasteiger partial charge on any atom is 0.417 e. The highest BCUT2D eigenvalue weighted by molar-refractivity contribution is 6.02. The van der Waals surface area contributed by atoms with Crippen molar-refractivity contribution in [3.8, 4) is 0 Å². The summed E-state index contributed by atoms with van der Waals surface area (Å²) in [5.41, 5.74) is 0.663. The highest BCUT2D eigenvalue weighted by atomic mass is 19.4. The first-order valence-electron chi connectivity index (χ1n) is 13.9. The van der Waals surface area contributed by atoms with Gasteiger partial charge in [0.05, 0.1) is 22.4 Å². The van der Waals surface area contributed by atoms with Crippen molar-refractivity contribution in [1.29, 1.82) is 0 Å². The normalized spacial score (nSPS) is 21.7. The van der Waals surface area contributed by atoms with Crippen LogP contribution in [0.3, 0.4) is 0 Å². The van der Waals surface area contributed by atoms with E-state index in [1.54, 1.807) is 25.1 Å². The van der Waals surface area contributed by atoms with E-state index in [9.17, 15) is 31.1 Å². The van der Waals surface area contributed by atoms with E-state index in [1.165, 1.54) is 12.1 Å². The molecule has 1 amide bonds. The maximum atomic E-state index is 13.2. The fourth-order valence-electron chi connectivity index (χ4n) is 5.76. The van der Waals surface area contributed by atoms with E-state index in [0.29, 0.717) is 55.4 Å². The van der Waals surface area contributed by atoms with Crippen LogP contribution >= 0.6 is 0 Å². The van der Waals surface area contributed by atoms with Gasteiger partial charge < -0.3 is 30.2 Å². The molecule has 0 bridgehead atoms. The predicted molar refractivity (Wildman–Crippen MR) is 151 cm³/mol. The molecular formula is C29H36F6N6O. The Hall–Kier alpha value is -3.45. The predicted octanol–water partition coefficient (Wildman–Crippen LogP) is 4.91. The first-order chi connectivity index (χ1) is 19.8. The fraction of sp³-hybridized carbons (Fsp3) is 0.483. The molecule has 230 valence electrons. The van der Waals surface area contributed by atoms with E-state index in [1.807, 2.05) is 28.5 Å². The Labute approximate surface area is 241 Å². The van der Waals surface area contributed by atoms with E-state index in [4.69, 9.17) is 0 Å². The number of alkyl halides is 6. The van der Waals surface area contributed by atoms with Crippen molar-refractivity contribution in [1.82, 2.24) is 20.4 Å². The van der Waals surface area contributed by atoms with Crippen LogP contribution in [0, 0.1) is 0 Å². The summed E-state index contributed by atoms with van der Waals surface area (Å²) < 4.78 is 78.1. The summed E-state index contributed by atoms with van der Waals surface area (Å²) in [7, 11) is 3.47. The third kappa shape index (κ3) is 5.76. The summed E-state index contributed by atoms with van der Waals surface area (Å²) >= 11 is 0. The molecule has 2 atom stereocenters. The van der Waals surface area contributed by atoms with Gasteiger partial charge in [-0.05, 0) is 30.3 Å². The molecule has 0 aromatic heterocycles. The van der Waals surface area contributed by atoms with Crippen molar-refractivity contribution < 1.29 is 31.1 Å². The Morgan fingerprint density at radius 3 is 1.95 bits per heavy atom. The molecular weight excluding hydrogens is 562 g/mol. The third-order valence-electron chi connectivity index (χ3n) is 7.88. The molecule has 13 heteroatoms. The van der Waals surface area contributed by atoms with E-state index in [-0.39, 0.29) is 23.8 Å². The van der Waals surface area contributed by atoms with Gasteiger partial charge in [0.25, 0.3) is 5.91 Å². The third-order valence-corrected chi connectivity index (χ3v) is 7.88. The Balaban J connectivity index is 0.000000182. The Morgan fingerprint density at radius 1 is 0.810 bits per heavy atom. The number of fused-ring (bicyclic) bond motifs is 6. The van der Waals surface area contributed by atoms with E-state index < -0.39 is 23.5 Å². The largest absolute Gasteiger partial charge is 0.417 e. The van der Waals surface area contributed by atoms with Crippen molar-refractivity contribution in [3.05, 3.63) is 65.2 Å². The molecule has 4 aliphatic heterocycles. The second kappa shape index (κ2) is 12.0. The van der Waals surface area contributed by atoms with E-state index in [0.717, 1.165) is 24.7 Å². The maximum absolute atomic E-state index is 13.2. The molecule has 4 aliphatic rings. The number of carbonyl (C=O) groups excluding carboxylic acids is 1. The molecule has 4 heterocycles. The number of amides is 1. The summed E-state index contributed by atoms with van der Waals surface area (Å²) in [6, 6.07) is 7.67. The van der Waals surface area contributed by atoms with Gasteiger partial charge in [0, 0.05) is 70.3 Å². The van der Waals surface area contributed by atoms with Crippen molar-refractivity contribution in [2.24, 2.45) is 0 Å². The molecule has 6 rings (SSSR count). The summed E-state index contributed by atoms with van der Waals surface area (Å²) in [5, 5.41) is 6.42. The van der Waals surface area contributed by atoms with E-state index in [2.05, 4.69) is 17.2 Å². The topological polar surface area (TPSA) is 54.1 Å². The number of likely N-dealkylation sites (N-methyl/N-ethyl adjacent to an activating group) is 2. The van der Waals surface area contributed by atoms with Crippen LogP contribution in [0.15, 0.2) is 43.0 Å². The molecule has 2 aromatic rings. The van der Waals surface area contributed by atoms with E-state index >= 15 is 0 Å². The lowest BCUT2D eigenvalue weighted by atomic mass is 9.96. The minimum absolute atomic E-state index is 0.0206. The van der Waals surface area contributed by atoms with Crippen molar-refractivity contribution >= 4 is 23.0 Å². The number of anilines is 2. The molecule has 42 heavy (non-hydrogen) atoms. The molecule has 0 saturated carbocycles. The first kappa shape index (κ1) is 31.5. The lowest BCUT2D eigenvalue weighted by molar-refractivity contribution is -0.138. The van der Waals surface area contributed by atoms with Crippen LogP contribution in [0.1, 0.15) is 40.9 Å². The van der Waals surface area contributed by atoms with Gasteiger partial charge in [0.2, 0.25) is 0 Å². The van der Waals surface area contributed by atoms with Gasteiger partial charge in [-0.25, -0.2) is 0 Å². The minimum Gasteiger partial charge on any atom is -0.353 e. The van der Waals surface area contributed by atoms with Gasteiger partial charge in [0.15, 0.2) is 0 Å². The average Bonchev–Trinajstić information content (AvgIpc) is 2.98. The first-order valence-corrected chi connectivity index (χ1v) is 13.9. The highest BCUT2D eigenvalue weighted by Gasteiger charge is 2.42. The van der Waals surface area contributed by atoms with Crippen LogP contribution in [-0.4, -0.2) is 81.4 Å². The zero-order chi connectivity index (χ0) is 31.0. The molecule has 0 radical (unpaired) electrons.